The highest BCUT2D eigenvalue weighted by Crippen LogP contribution is 2.44. The van der Waals surface area contributed by atoms with Crippen molar-refractivity contribution in [2.75, 3.05) is 19.6 Å². The molecule has 1 saturated carbocycles. The highest BCUT2D eigenvalue weighted by Gasteiger charge is 2.42. The van der Waals surface area contributed by atoms with Gasteiger partial charge in [0.1, 0.15) is 11.3 Å². The normalized spacial score (nSPS) is 23.8. The summed E-state index contributed by atoms with van der Waals surface area (Å²) >= 11 is 0. The second kappa shape index (κ2) is 11.1. The van der Waals surface area contributed by atoms with Gasteiger partial charge in [-0.1, -0.05) is 24.3 Å². The Morgan fingerprint density at radius 3 is 2.35 bits per heavy atom. The average Bonchev–Trinajstić information content (AvgIpc) is 2.81. The van der Waals surface area contributed by atoms with Crippen molar-refractivity contribution >= 4 is 16.7 Å². The molecule has 0 radical (unpaired) electrons. The Morgan fingerprint density at radius 1 is 1.00 bits per heavy atom. The number of aliphatic carboxylic acids is 1. The standard InChI is InChI=1S/C27H31F6NO3/c28-26(29,30)20-6-8-21(9-7-20)37-23-10-5-19-4-3-17(14-22(19)25(23)27(31,32)33)11-13-34-12-1-2-18(16-34)15-24(35)36/h3-5,10,14,18,20-21H,1-2,6-9,11-13,15-16H2,(H,35,36)/t18-,20?,21?/m1/s1. The van der Waals surface area contributed by atoms with E-state index in [4.69, 9.17) is 9.84 Å². The van der Waals surface area contributed by atoms with Gasteiger partial charge in [-0.25, -0.2) is 0 Å². The van der Waals surface area contributed by atoms with Crippen molar-refractivity contribution in [2.45, 2.75) is 69.8 Å². The van der Waals surface area contributed by atoms with E-state index in [1.807, 2.05) is 0 Å². The van der Waals surface area contributed by atoms with Gasteiger partial charge in [0.2, 0.25) is 0 Å². The Labute approximate surface area is 211 Å². The molecule has 1 N–H and O–H groups in total. The van der Waals surface area contributed by atoms with Gasteiger partial charge in [-0.15, -0.1) is 0 Å². The number of rotatable bonds is 7. The molecule has 204 valence electrons. The Bertz CT molecular complexity index is 1090. The first kappa shape index (κ1) is 27.5. The molecule has 0 bridgehead atoms. The predicted octanol–water partition coefficient (Wildman–Crippen LogP) is 7.09. The molecule has 2 aromatic carbocycles. The van der Waals surface area contributed by atoms with E-state index in [0.29, 0.717) is 24.9 Å². The Hall–Kier alpha value is -2.49. The van der Waals surface area contributed by atoms with E-state index in [1.165, 1.54) is 12.1 Å². The van der Waals surface area contributed by atoms with Gasteiger partial charge < -0.3 is 14.7 Å². The molecular weight excluding hydrogens is 500 g/mol. The molecule has 0 amide bonds. The third-order valence-electron chi connectivity index (χ3n) is 7.55. The van der Waals surface area contributed by atoms with Crippen LogP contribution in [0.25, 0.3) is 10.8 Å². The van der Waals surface area contributed by atoms with Gasteiger partial charge >= 0.3 is 18.3 Å². The van der Waals surface area contributed by atoms with Crippen LogP contribution in [0.2, 0.25) is 0 Å². The summed E-state index contributed by atoms with van der Waals surface area (Å²) in [6.07, 6.45) is -7.53. The van der Waals surface area contributed by atoms with Gasteiger partial charge in [-0.05, 0) is 79.8 Å². The van der Waals surface area contributed by atoms with E-state index in [1.54, 1.807) is 18.2 Å². The highest BCUT2D eigenvalue weighted by molar-refractivity contribution is 5.89. The van der Waals surface area contributed by atoms with Crippen LogP contribution in [0.4, 0.5) is 26.3 Å². The first-order valence-corrected chi connectivity index (χ1v) is 12.7. The molecule has 2 aliphatic rings. The summed E-state index contributed by atoms with van der Waals surface area (Å²) in [7, 11) is 0. The van der Waals surface area contributed by atoms with Crippen LogP contribution >= 0.6 is 0 Å². The predicted molar refractivity (Wildman–Crippen MR) is 126 cm³/mol. The molecule has 10 heteroatoms. The molecule has 0 unspecified atom stereocenters. The van der Waals surface area contributed by atoms with E-state index in [0.717, 1.165) is 24.9 Å². The quantitative estimate of drug-likeness (QED) is 0.388. The monoisotopic (exact) mass is 531 g/mol. The summed E-state index contributed by atoms with van der Waals surface area (Å²) in [6, 6.07) is 7.76. The summed E-state index contributed by atoms with van der Waals surface area (Å²) in [5, 5.41) is 9.47. The smallest absolute Gasteiger partial charge is 0.420 e. The van der Waals surface area contributed by atoms with Gasteiger partial charge in [-0.2, -0.15) is 26.3 Å². The lowest BCUT2D eigenvalue weighted by atomic mass is 9.87. The number of alkyl halides is 6. The maximum atomic E-state index is 14.2. The van der Waals surface area contributed by atoms with Crippen molar-refractivity contribution in [3.8, 4) is 5.75 Å². The van der Waals surface area contributed by atoms with Gasteiger partial charge in [-0.3, -0.25) is 4.79 Å². The SMILES string of the molecule is O=C(O)C[C@H]1CCCN(CCc2ccc3ccc(OC4CCC(C(F)(F)F)CC4)c(C(F)(F)F)c3c2)C1. The number of hydrogen-bond donors (Lipinski definition) is 1. The van der Waals surface area contributed by atoms with Crippen molar-refractivity contribution in [1.82, 2.24) is 4.90 Å². The van der Waals surface area contributed by atoms with Crippen LogP contribution in [0.3, 0.4) is 0 Å². The second-order valence-corrected chi connectivity index (χ2v) is 10.3. The van der Waals surface area contributed by atoms with Crippen LogP contribution in [0.15, 0.2) is 30.3 Å². The number of benzene rings is 2. The van der Waals surface area contributed by atoms with Gasteiger partial charge in [0.15, 0.2) is 0 Å². The second-order valence-electron chi connectivity index (χ2n) is 10.3. The van der Waals surface area contributed by atoms with Crippen LogP contribution in [0.5, 0.6) is 5.75 Å². The van der Waals surface area contributed by atoms with Crippen molar-refractivity contribution < 1.29 is 41.0 Å². The lowest BCUT2D eigenvalue weighted by molar-refractivity contribution is -0.185. The minimum atomic E-state index is -4.70. The number of hydrogen-bond acceptors (Lipinski definition) is 3. The van der Waals surface area contributed by atoms with Crippen LogP contribution < -0.4 is 4.74 Å². The lowest BCUT2D eigenvalue weighted by Crippen LogP contribution is -2.37. The Balaban J connectivity index is 1.50. The summed E-state index contributed by atoms with van der Waals surface area (Å²) in [4.78, 5) is 13.2. The summed E-state index contributed by atoms with van der Waals surface area (Å²) < 4.78 is 87.2. The topological polar surface area (TPSA) is 49.8 Å². The Kier molecular flexibility index (Phi) is 8.26. The molecule has 1 heterocycles. The molecule has 1 atom stereocenters. The molecule has 0 spiro atoms. The Morgan fingerprint density at radius 2 is 1.70 bits per heavy atom. The maximum absolute atomic E-state index is 14.2. The molecule has 4 rings (SSSR count). The molecule has 1 aliphatic carbocycles. The zero-order valence-electron chi connectivity index (χ0n) is 20.4. The van der Waals surface area contributed by atoms with E-state index in [9.17, 15) is 31.1 Å². The van der Waals surface area contributed by atoms with Crippen molar-refractivity contribution in [3.63, 3.8) is 0 Å². The van der Waals surface area contributed by atoms with E-state index >= 15 is 0 Å². The van der Waals surface area contributed by atoms with E-state index in [-0.39, 0.29) is 49.2 Å². The van der Waals surface area contributed by atoms with Crippen LogP contribution in [-0.4, -0.2) is 47.9 Å². The van der Waals surface area contributed by atoms with E-state index < -0.39 is 35.9 Å². The van der Waals surface area contributed by atoms with E-state index in [2.05, 4.69) is 4.90 Å². The first-order chi connectivity index (χ1) is 17.4. The number of fused-ring (bicyclic) bond motifs is 1. The molecule has 2 aromatic rings. The van der Waals surface area contributed by atoms with Crippen molar-refractivity contribution in [1.29, 1.82) is 0 Å². The summed E-state index contributed by atoms with van der Waals surface area (Å²) in [6.45, 7) is 2.09. The summed E-state index contributed by atoms with van der Waals surface area (Å²) in [5.74, 6) is -2.54. The number of halogens is 6. The molecule has 4 nitrogen and oxygen atoms in total. The number of nitrogens with zero attached hydrogens (tertiary/aromatic N) is 1. The minimum absolute atomic E-state index is 0.00822. The zero-order valence-corrected chi connectivity index (χ0v) is 20.4. The van der Waals surface area contributed by atoms with Crippen molar-refractivity contribution in [3.05, 3.63) is 41.5 Å². The lowest BCUT2D eigenvalue weighted by Gasteiger charge is -2.32. The fraction of sp³-hybridized carbons (Fsp3) is 0.593. The fourth-order valence-corrected chi connectivity index (χ4v) is 5.64. The minimum Gasteiger partial charge on any atom is -0.490 e. The van der Waals surface area contributed by atoms with Gasteiger partial charge in [0.05, 0.1) is 12.0 Å². The number of likely N-dealkylation sites (tertiary alicyclic amines) is 1. The molecule has 2 fully saturated rings. The number of ether oxygens (including phenoxy) is 1. The number of carboxylic acids is 1. The average molecular weight is 532 g/mol. The van der Waals surface area contributed by atoms with Crippen LogP contribution in [0, 0.1) is 11.8 Å². The number of piperidine rings is 1. The molecule has 1 aliphatic heterocycles. The highest BCUT2D eigenvalue weighted by atomic mass is 19.4. The number of carboxylic acid groups (broad SMARTS) is 1. The summed E-state index contributed by atoms with van der Waals surface area (Å²) in [5.41, 5.74) is -0.175. The maximum Gasteiger partial charge on any atom is 0.420 e. The molecular formula is C27H31F6NO3. The largest absolute Gasteiger partial charge is 0.490 e. The van der Waals surface area contributed by atoms with Gasteiger partial charge in [0, 0.05) is 19.5 Å². The van der Waals surface area contributed by atoms with Gasteiger partial charge in [0.25, 0.3) is 0 Å². The van der Waals surface area contributed by atoms with Crippen LogP contribution in [0.1, 0.15) is 56.1 Å². The molecule has 1 saturated heterocycles. The third kappa shape index (κ3) is 7.09. The fourth-order valence-electron chi connectivity index (χ4n) is 5.64. The van der Waals surface area contributed by atoms with Crippen molar-refractivity contribution in [2.24, 2.45) is 11.8 Å². The number of carbonyl (C=O) groups is 1. The zero-order chi connectivity index (χ0) is 26.8. The third-order valence-corrected chi connectivity index (χ3v) is 7.55. The molecule has 37 heavy (non-hydrogen) atoms. The molecule has 0 aromatic heterocycles. The first-order valence-electron chi connectivity index (χ1n) is 12.7. The van der Waals surface area contributed by atoms with Crippen LogP contribution in [-0.2, 0) is 17.4 Å².